The van der Waals surface area contributed by atoms with E-state index in [1.165, 1.54) is 19.0 Å². The molecule has 0 radical (unpaired) electrons. The number of likely N-dealkylation sites (N-methyl/N-ethyl adjacent to an activating group) is 1. The van der Waals surface area contributed by atoms with Gasteiger partial charge in [0.25, 0.3) is 0 Å². The molecule has 0 aliphatic heterocycles. The Morgan fingerprint density at radius 3 is 2.95 bits per heavy atom. The number of anilines is 1. The summed E-state index contributed by atoms with van der Waals surface area (Å²) in [4.78, 5) is 17.8. The van der Waals surface area contributed by atoms with Gasteiger partial charge >= 0.3 is 5.97 Å². The van der Waals surface area contributed by atoms with Crippen LogP contribution in [0.15, 0.2) is 12.4 Å². The third-order valence-corrected chi connectivity index (χ3v) is 3.93. The van der Waals surface area contributed by atoms with Gasteiger partial charge in [0.15, 0.2) is 5.65 Å². The van der Waals surface area contributed by atoms with Gasteiger partial charge in [-0.2, -0.15) is 5.10 Å². The first-order valence-electron chi connectivity index (χ1n) is 7.06. The van der Waals surface area contributed by atoms with Crippen molar-refractivity contribution in [3.8, 4) is 0 Å². The molecule has 0 atom stereocenters. The van der Waals surface area contributed by atoms with Crippen LogP contribution < -0.4 is 5.32 Å². The highest BCUT2D eigenvalue weighted by Gasteiger charge is 2.25. The van der Waals surface area contributed by atoms with E-state index in [1.54, 1.807) is 17.9 Å². The fourth-order valence-corrected chi connectivity index (χ4v) is 2.50. The molecule has 2 N–H and O–H groups in total. The molecule has 1 aliphatic carbocycles. The molecule has 2 aromatic heterocycles. The summed E-state index contributed by atoms with van der Waals surface area (Å²) in [5, 5.41) is 17.5. The molecule has 3 rings (SSSR count). The van der Waals surface area contributed by atoms with Crippen molar-refractivity contribution in [2.24, 2.45) is 7.05 Å². The lowest BCUT2D eigenvalue weighted by Crippen LogP contribution is -2.27. The zero-order valence-electron chi connectivity index (χ0n) is 12.2. The number of pyridine rings is 1. The van der Waals surface area contributed by atoms with Crippen LogP contribution in [0, 0.1) is 0 Å². The second kappa shape index (κ2) is 5.33. The lowest BCUT2D eigenvalue weighted by molar-refractivity contribution is 0.0697. The van der Waals surface area contributed by atoms with Gasteiger partial charge in [-0.25, -0.2) is 9.78 Å². The molecule has 1 saturated carbocycles. The summed E-state index contributed by atoms with van der Waals surface area (Å²) in [6.07, 6.45) is 5.57. The molecule has 7 heteroatoms. The third kappa shape index (κ3) is 2.69. The Balaban J connectivity index is 1.83. The van der Waals surface area contributed by atoms with Crippen LogP contribution in [0.5, 0.6) is 0 Å². The predicted octanol–water partition coefficient (Wildman–Crippen LogP) is 1.17. The van der Waals surface area contributed by atoms with Gasteiger partial charge in [-0.15, -0.1) is 0 Å². The van der Waals surface area contributed by atoms with Crippen LogP contribution >= 0.6 is 0 Å². The number of carboxylic acid groups (broad SMARTS) is 1. The van der Waals surface area contributed by atoms with E-state index in [-0.39, 0.29) is 5.56 Å². The van der Waals surface area contributed by atoms with Crippen molar-refractivity contribution in [1.82, 2.24) is 19.7 Å². The number of aryl methyl sites for hydroxylation is 1. The molecule has 21 heavy (non-hydrogen) atoms. The number of nitrogens with zero attached hydrogens (tertiary/aromatic N) is 4. The van der Waals surface area contributed by atoms with Gasteiger partial charge in [-0.1, -0.05) is 0 Å². The molecule has 0 amide bonds. The van der Waals surface area contributed by atoms with Gasteiger partial charge in [0.1, 0.15) is 5.56 Å². The van der Waals surface area contributed by atoms with Gasteiger partial charge in [-0.3, -0.25) is 4.68 Å². The Hall–Kier alpha value is -2.15. The first kappa shape index (κ1) is 13.8. The molecular weight excluding hydrogens is 270 g/mol. The summed E-state index contributed by atoms with van der Waals surface area (Å²) in [5.41, 5.74) is 1.47. The summed E-state index contributed by atoms with van der Waals surface area (Å²) >= 11 is 0. The number of fused-ring (bicyclic) bond motifs is 1. The molecule has 2 heterocycles. The molecule has 1 fully saturated rings. The molecular formula is C14H19N5O2. The van der Waals surface area contributed by atoms with Crippen LogP contribution in [0.2, 0.25) is 0 Å². The maximum atomic E-state index is 11.4. The molecule has 0 bridgehead atoms. The smallest absolute Gasteiger partial charge is 0.339 e. The summed E-state index contributed by atoms with van der Waals surface area (Å²) in [6.45, 7) is 1.58. The third-order valence-electron chi connectivity index (χ3n) is 3.93. The maximum absolute atomic E-state index is 11.4. The minimum atomic E-state index is -0.980. The van der Waals surface area contributed by atoms with Crippen molar-refractivity contribution < 1.29 is 9.90 Å². The van der Waals surface area contributed by atoms with Crippen molar-refractivity contribution in [3.05, 3.63) is 18.0 Å². The minimum Gasteiger partial charge on any atom is -0.478 e. The minimum absolute atomic E-state index is 0.185. The van der Waals surface area contributed by atoms with Gasteiger partial charge in [0.05, 0.1) is 17.3 Å². The Kier molecular flexibility index (Phi) is 3.50. The van der Waals surface area contributed by atoms with Gasteiger partial charge in [0, 0.05) is 32.4 Å². The number of hydrogen-bond donors (Lipinski definition) is 2. The molecule has 7 nitrogen and oxygen atoms in total. The Labute approximate surface area is 122 Å². The Morgan fingerprint density at radius 1 is 1.52 bits per heavy atom. The standard InChI is InChI=1S/C14H19N5O2/c1-18(9-3-4-9)6-5-15-12-10-8-17-19(2)13(10)16-7-11(12)14(20)21/h7-9H,3-6H2,1-2H3,(H,15,16)(H,20,21). The van der Waals surface area contributed by atoms with E-state index in [1.807, 2.05) is 0 Å². The Bertz CT molecular complexity index is 677. The van der Waals surface area contributed by atoms with Gasteiger partial charge in [0.2, 0.25) is 0 Å². The number of nitrogens with one attached hydrogen (secondary N) is 1. The maximum Gasteiger partial charge on any atom is 0.339 e. The average molecular weight is 289 g/mol. The molecule has 0 aromatic carbocycles. The van der Waals surface area contributed by atoms with E-state index in [0.717, 1.165) is 11.9 Å². The average Bonchev–Trinajstić information content (AvgIpc) is 3.23. The highest BCUT2D eigenvalue weighted by molar-refractivity contribution is 6.03. The van der Waals surface area contributed by atoms with E-state index < -0.39 is 5.97 Å². The molecule has 2 aromatic rings. The fraction of sp³-hybridized carbons (Fsp3) is 0.500. The molecule has 0 unspecified atom stereocenters. The van der Waals surface area contributed by atoms with Gasteiger partial charge in [-0.05, 0) is 19.9 Å². The van der Waals surface area contributed by atoms with Gasteiger partial charge < -0.3 is 15.3 Å². The number of rotatable bonds is 6. The highest BCUT2D eigenvalue weighted by Crippen LogP contribution is 2.27. The summed E-state index contributed by atoms with van der Waals surface area (Å²) in [6, 6.07) is 0.696. The molecule has 112 valence electrons. The van der Waals surface area contributed by atoms with E-state index in [9.17, 15) is 9.90 Å². The van der Waals surface area contributed by atoms with Crippen LogP contribution in [-0.2, 0) is 7.05 Å². The first-order chi connectivity index (χ1) is 10.1. The van der Waals surface area contributed by atoms with Crippen LogP contribution in [0.1, 0.15) is 23.2 Å². The first-order valence-corrected chi connectivity index (χ1v) is 7.06. The Morgan fingerprint density at radius 2 is 2.29 bits per heavy atom. The number of aromatic nitrogens is 3. The fourth-order valence-electron chi connectivity index (χ4n) is 2.50. The van der Waals surface area contributed by atoms with Crippen LogP contribution in [0.3, 0.4) is 0 Å². The van der Waals surface area contributed by atoms with E-state index in [0.29, 0.717) is 23.9 Å². The molecule has 0 spiro atoms. The number of hydrogen-bond acceptors (Lipinski definition) is 5. The monoisotopic (exact) mass is 289 g/mol. The topological polar surface area (TPSA) is 83.3 Å². The lowest BCUT2D eigenvalue weighted by Gasteiger charge is -2.17. The van der Waals surface area contributed by atoms with Crippen molar-refractivity contribution in [1.29, 1.82) is 0 Å². The normalized spacial score (nSPS) is 14.8. The lowest BCUT2D eigenvalue weighted by atomic mass is 10.2. The van der Waals surface area contributed by atoms with E-state index in [4.69, 9.17) is 0 Å². The number of carbonyl (C=O) groups is 1. The summed E-state index contributed by atoms with van der Waals surface area (Å²) in [5.74, 6) is -0.980. The SMILES string of the molecule is CN(CCNc1c(C(=O)O)cnc2c1cnn2C)C1CC1. The molecule has 0 saturated heterocycles. The number of aromatic carboxylic acids is 1. The highest BCUT2D eigenvalue weighted by atomic mass is 16.4. The van der Waals surface area contributed by atoms with Crippen molar-refractivity contribution in [2.75, 3.05) is 25.5 Å². The van der Waals surface area contributed by atoms with Crippen molar-refractivity contribution in [3.63, 3.8) is 0 Å². The van der Waals surface area contributed by atoms with Crippen LogP contribution in [-0.4, -0.2) is 56.9 Å². The molecule has 1 aliphatic rings. The van der Waals surface area contributed by atoms with E-state index >= 15 is 0 Å². The van der Waals surface area contributed by atoms with E-state index in [2.05, 4.69) is 27.3 Å². The van der Waals surface area contributed by atoms with Crippen molar-refractivity contribution >= 4 is 22.7 Å². The zero-order chi connectivity index (χ0) is 15.0. The van der Waals surface area contributed by atoms with Crippen molar-refractivity contribution in [2.45, 2.75) is 18.9 Å². The quantitative estimate of drug-likeness (QED) is 0.830. The van der Waals surface area contributed by atoms with Crippen LogP contribution in [0.25, 0.3) is 11.0 Å². The van der Waals surface area contributed by atoms with Crippen LogP contribution in [0.4, 0.5) is 5.69 Å². The largest absolute Gasteiger partial charge is 0.478 e. The predicted molar refractivity (Wildman–Crippen MR) is 79.6 cm³/mol. The number of carboxylic acids is 1. The summed E-state index contributed by atoms with van der Waals surface area (Å²) < 4.78 is 1.64. The zero-order valence-corrected chi connectivity index (χ0v) is 12.2. The second-order valence-electron chi connectivity index (χ2n) is 5.50. The summed E-state index contributed by atoms with van der Waals surface area (Å²) in [7, 11) is 3.89. The second-order valence-corrected chi connectivity index (χ2v) is 5.50.